The molecule has 0 unspecified atom stereocenters. The summed E-state index contributed by atoms with van der Waals surface area (Å²) in [4.78, 5) is 11.5. The van der Waals surface area contributed by atoms with E-state index in [0.29, 0.717) is 12.2 Å². The van der Waals surface area contributed by atoms with Crippen molar-refractivity contribution in [2.45, 2.75) is 43.5 Å². The molecule has 0 aliphatic carbocycles. The van der Waals surface area contributed by atoms with Crippen LogP contribution in [0.5, 0.6) is 0 Å². The number of carbonyl (C=O) groups excluding carboxylic acids is 1. The van der Waals surface area contributed by atoms with Gasteiger partial charge in [-0.3, -0.25) is 4.79 Å². The summed E-state index contributed by atoms with van der Waals surface area (Å²) in [6, 6.07) is 6.31. The van der Waals surface area contributed by atoms with Crippen molar-refractivity contribution in [3.63, 3.8) is 0 Å². The van der Waals surface area contributed by atoms with E-state index in [1.807, 2.05) is 6.92 Å². The number of sulfonamides is 1. The summed E-state index contributed by atoms with van der Waals surface area (Å²) in [5.41, 5.74) is 0.537. The van der Waals surface area contributed by atoms with E-state index in [9.17, 15) is 13.2 Å². The lowest BCUT2D eigenvalue weighted by atomic mass is 10.0. The van der Waals surface area contributed by atoms with Crippen molar-refractivity contribution in [2.24, 2.45) is 0 Å². The average Bonchev–Trinajstić information content (AvgIpc) is 2.55. The molecular formula is C15H21ClN2O3S. The predicted molar refractivity (Wildman–Crippen MR) is 87.6 cm³/mol. The Bertz CT molecular complexity index is 616. The molecule has 1 aromatic rings. The van der Waals surface area contributed by atoms with E-state index >= 15 is 0 Å². The minimum atomic E-state index is -3.48. The molecule has 7 heteroatoms. The number of rotatable bonds is 5. The molecule has 1 saturated heterocycles. The Kier molecular flexibility index (Phi) is 5.83. The Hall–Kier alpha value is -1.11. The lowest BCUT2D eigenvalue weighted by molar-refractivity contribution is -0.113. The third-order valence-electron chi connectivity index (χ3n) is 3.91. The van der Waals surface area contributed by atoms with Gasteiger partial charge in [-0.2, -0.15) is 4.31 Å². The summed E-state index contributed by atoms with van der Waals surface area (Å²) in [7, 11) is -3.48. The molecule has 1 aromatic carbocycles. The second-order valence-corrected chi connectivity index (χ2v) is 7.54. The molecule has 1 aliphatic rings. The number of alkyl halides is 1. The minimum Gasteiger partial charge on any atom is -0.325 e. The minimum absolute atomic E-state index is 0.0781. The molecule has 0 saturated carbocycles. The standard InChI is InChI=1S/C15H21ClN2O3S/c1-2-13-5-3-4-10-18(13)22(20,21)14-8-6-12(7-9-14)17-15(19)11-16/h6-9,13H,2-5,10-11H2,1H3,(H,17,19)/t13-/m0/s1. The van der Waals surface area contributed by atoms with Crippen LogP contribution in [-0.4, -0.2) is 37.1 Å². The molecule has 122 valence electrons. The first-order chi connectivity index (χ1) is 10.5. The fraction of sp³-hybridized carbons (Fsp3) is 0.533. The van der Waals surface area contributed by atoms with Crippen LogP contribution in [0.25, 0.3) is 0 Å². The van der Waals surface area contributed by atoms with Gasteiger partial charge in [-0.15, -0.1) is 11.6 Å². The summed E-state index contributed by atoms with van der Waals surface area (Å²) >= 11 is 5.42. The van der Waals surface area contributed by atoms with Crippen LogP contribution in [0.15, 0.2) is 29.2 Å². The molecule has 0 spiro atoms. The zero-order valence-corrected chi connectivity index (χ0v) is 14.2. The van der Waals surface area contributed by atoms with Crippen LogP contribution in [0.4, 0.5) is 5.69 Å². The van der Waals surface area contributed by atoms with Crippen LogP contribution in [0.2, 0.25) is 0 Å². The van der Waals surface area contributed by atoms with Gasteiger partial charge in [0.15, 0.2) is 0 Å². The molecule has 0 radical (unpaired) electrons. The molecule has 22 heavy (non-hydrogen) atoms. The van der Waals surface area contributed by atoms with E-state index in [-0.39, 0.29) is 22.7 Å². The van der Waals surface area contributed by atoms with Gasteiger partial charge in [0.25, 0.3) is 0 Å². The summed E-state index contributed by atoms with van der Waals surface area (Å²) in [5, 5.41) is 2.59. The highest BCUT2D eigenvalue weighted by molar-refractivity contribution is 7.89. The van der Waals surface area contributed by atoms with Crippen LogP contribution < -0.4 is 5.32 Å². The maximum Gasteiger partial charge on any atom is 0.243 e. The van der Waals surface area contributed by atoms with E-state index in [1.54, 1.807) is 16.4 Å². The Labute approximate surface area is 136 Å². The number of benzene rings is 1. The largest absolute Gasteiger partial charge is 0.325 e. The number of hydrogen-bond donors (Lipinski definition) is 1. The summed E-state index contributed by atoms with van der Waals surface area (Å²) in [6.07, 6.45) is 3.72. The van der Waals surface area contributed by atoms with Gasteiger partial charge in [0.2, 0.25) is 15.9 Å². The molecule has 1 atom stereocenters. The smallest absolute Gasteiger partial charge is 0.243 e. The molecule has 0 bridgehead atoms. The van der Waals surface area contributed by atoms with Gasteiger partial charge in [0.1, 0.15) is 5.88 Å². The molecule has 5 nitrogen and oxygen atoms in total. The van der Waals surface area contributed by atoms with Gasteiger partial charge in [-0.25, -0.2) is 8.42 Å². The molecule has 1 heterocycles. The van der Waals surface area contributed by atoms with Crippen LogP contribution in [0.3, 0.4) is 0 Å². The molecular weight excluding hydrogens is 324 g/mol. The fourth-order valence-corrected chi connectivity index (χ4v) is 4.57. The second kappa shape index (κ2) is 7.44. The number of carbonyl (C=O) groups is 1. The number of amides is 1. The first-order valence-electron chi connectivity index (χ1n) is 7.46. The lowest BCUT2D eigenvalue weighted by Crippen LogP contribution is -2.43. The Morgan fingerprint density at radius 1 is 1.32 bits per heavy atom. The van der Waals surface area contributed by atoms with Crippen molar-refractivity contribution in [1.82, 2.24) is 4.31 Å². The first-order valence-corrected chi connectivity index (χ1v) is 9.44. The van der Waals surface area contributed by atoms with Crippen molar-refractivity contribution in [1.29, 1.82) is 0 Å². The van der Waals surface area contributed by atoms with E-state index in [2.05, 4.69) is 5.32 Å². The summed E-state index contributed by atoms with van der Waals surface area (Å²) in [6.45, 7) is 2.59. The third-order valence-corrected chi connectivity index (χ3v) is 6.12. The Morgan fingerprint density at radius 3 is 2.59 bits per heavy atom. The van der Waals surface area contributed by atoms with E-state index in [1.165, 1.54) is 12.1 Å². The molecule has 1 aliphatic heterocycles. The zero-order chi connectivity index (χ0) is 16.2. The van der Waals surface area contributed by atoms with Gasteiger partial charge in [0.05, 0.1) is 4.90 Å². The summed E-state index contributed by atoms with van der Waals surface area (Å²) < 4.78 is 27.1. The average molecular weight is 345 g/mol. The van der Waals surface area contributed by atoms with E-state index < -0.39 is 10.0 Å². The van der Waals surface area contributed by atoms with Crippen molar-refractivity contribution >= 4 is 33.2 Å². The molecule has 2 rings (SSSR count). The van der Waals surface area contributed by atoms with E-state index in [0.717, 1.165) is 25.7 Å². The lowest BCUT2D eigenvalue weighted by Gasteiger charge is -2.34. The zero-order valence-electron chi connectivity index (χ0n) is 12.6. The van der Waals surface area contributed by atoms with Gasteiger partial charge >= 0.3 is 0 Å². The van der Waals surface area contributed by atoms with Crippen LogP contribution in [-0.2, 0) is 14.8 Å². The number of piperidine rings is 1. The second-order valence-electron chi connectivity index (χ2n) is 5.38. The Balaban J connectivity index is 2.20. The number of halogens is 1. The SMILES string of the molecule is CC[C@H]1CCCCN1S(=O)(=O)c1ccc(NC(=O)CCl)cc1. The highest BCUT2D eigenvalue weighted by Gasteiger charge is 2.32. The number of nitrogens with one attached hydrogen (secondary N) is 1. The van der Waals surface area contributed by atoms with Gasteiger partial charge < -0.3 is 5.32 Å². The van der Waals surface area contributed by atoms with Crippen LogP contribution >= 0.6 is 11.6 Å². The monoisotopic (exact) mass is 344 g/mol. The maximum atomic E-state index is 12.8. The quantitative estimate of drug-likeness (QED) is 0.835. The number of anilines is 1. The number of hydrogen-bond acceptors (Lipinski definition) is 3. The van der Waals surface area contributed by atoms with Crippen LogP contribution in [0, 0.1) is 0 Å². The van der Waals surface area contributed by atoms with E-state index in [4.69, 9.17) is 11.6 Å². The van der Waals surface area contributed by atoms with Gasteiger partial charge in [-0.1, -0.05) is 13.3 Å². The topological polar surface area (TPSA) is 66.5 Å². The first kappa shape index (κ1) is 17.2. The van der Waals surface area contributed by atoms with Crippen molar-refractivity contribution in [3.05, 3.63) is 24.3 Å². The van der Waals surface area contributed by atoms with Gasteiger partial charge in [0, 0.05) is 18.3 Å². The van der Waals surface area contributed by atoms with Crippen molar-refractivity contribution in [3.8, 4) is 0 Å². The molecule has 1 N–H and O–H groups in total. The predicted octanol–water partition coefficient (Wildman–Crippen LogP) is 2.82. The molecule has 1 amide bonds. The normalized spacial score (nSPS) is 19.8. The summed E-state index contributed by atoms with van der Waals surface area (Å²) in [5.74, 6) is -0.453. The highest BCUT2D eigenvalue weighted by atomic mass is 35.5. The van der Waals surface area contributed by atoms with Gasteiger partial charge in [-0.05, 0) is 43.5 Å². The highest BCUT2D eigenvalue weighted by Crippen LogP contribution is 2.27. The maximum absolute atomic E-state index is 12.8. The van der Waals surface area contributed by atoms with Crippen LogP contribution in [0.1, 0.15) is 32.6 Å². The third kappa shape index (κ3) is 3.80. The van der Waals surface area contributed by atoms with Crippen molar-refractivity contribution < 1.29 is 13.2 Å². The molecule has 1 fully saturated rings. The fourth-order valence-electron chi connectivity index (χ4n) is 2.74. The molecule has 0 aromatic heterocycles. The number of nitrogens with zero attached hydrogens (tertiary/aromatic N) is 1. The Morgan fingerprint density at radius 2 is 2.00 bits per heavy atom. The van der Waals surface area contributed by atoms with Crippen molar-refractivity contribution in [2.75, 3.05) is 17.7 Å².